The molecule has 1 amide bonds. The minimum atomic E-state index is -0.454. The zero-order valence-corrected chi connectivity index (χ0v) is 13.7. The summed E-state index contributed by atoms with van der Waals surface area (Å²) in [6, 6.07) is 9.67. The Labute approximate surface area is 144 Å². The summed E-state index contributed by atoms with van der Waals surface area (Å²) in [6.07, 6.45) is 2.23. The van der Waals surface area contributed by atoms with Crippen molar-refractivity contribution in [1.29, 1.82) is 0 Å². The Morgan fingerprint density at radius 3 is 2.64 bits per heavy atom. The number of piperidine rings is 3. The largest absolute Gasteiger partial charge is 0.451 e. The SMILES string of the molecule is O=C(NC1CN2CCC1CC2)c1ccc(-c2ccccc2[N+](=O)[O-])o1. The highest BCUT2D eigenvalue weighted by molar-refractivity contribution is 5.92. The van der Waals surface area contributed by atoms with Crippen LogP contribution in [-0.4, -0.2) is 41.4 Å². The molecule has 3 fully saturated rings. The van der Waals surface area contributed by atoms with Crippen LogP contribution in [-0.2, 0) is 0 Å². The number of nitrogens with zero attached hydrogens (tertiary/aromatic N) is 2. The van der Waals surface area contributed by atoms with Crippen LogP contribution in [0.4, 0.5) is 5.69 Å². The molecule has 25 heavy (non-hydrogen) atoms. The number of rotatable bonds is 4. The summed E-state index contributed by atoms with van der Waals surface area (Å²) >= 11 is 0. The van der Waals surface area contributed by atoms with Gasteiger partial charge in [-0.1, -0.05) is 12.1 Å². The molecular formula is C18H19N3O4. The van der Waals surface area contributed by atoms with Crippen LogP contribution in [0.15, 0.2) is 40.8 Å². The van der Waals surface area contributed by atoms with Gasteiger partial charge in [-0.05, 0) is 50.0 Å². The zero-order chi connectivity index (χ0) is 17.4. The van der Waals surface area contributed by atoms with Gasteiger partial charge in [0.1, 0.15) is 5.76 Å². The number of carbonyl (C=O) groups excluding carboxylic acids is 1. The maximum atomic E-state index is 12.5. The molecule has 7 nitrogen and oxygen atoms in total. The second-order valence-corrected chi connectivity index (χ2v) is 6.66. The van der Waals surface area contributed by atoms with Crippen LogP contribution in [0.2, 0.25) is 0 Å². The highest BCUT2D eigenvalue weighted by Gasteiger charge is 2.35. The van der Waals surface area contributed by atoms with Crippen molar-refractivity contribution in [3.8, 4) is 11.3 Å². The van der Waals surface area contributed by atoms with E-state index in [9.17, 15) is 14.9 Å². The van der Waals surface area contributed by atoms with E-state index in [-0.39, 0.29) is 23.4 Å². The standard InChI is InChI=1S/C18H19N3O4/c22-18(19-14-11-20-9-7-12(14)8-10-20)17-6-5-16(25-17)13-3-1-2-4-15(13)21(23)24/h1-6,12,14H,7-11H2,(H,19,22). The van der Waals surface area contributed by atoms with Gasteiger partial charge in [0.05, 0.1) is 10.5 Å². The lowest BCUT2D eigenvalue weighted by Crippen LogP contribution is -2.57. The number of nitrogens with one attached hydrogen (secondary N) is 1. The first-order valence-electron chi connectivity index (χ1n) is 8.48. The summed E-state index contributed by atoms with van der Waals surface area (Å²) in [5.41, 5.74) is 0.329. The zero-order valence-electron chi connectivity index (χ0n) is 13.7. The Kier molecular flexibility index (Phi) is 4.01. The fourth-order valence-electron chi connectivity index (χ4n) is 3.81. The van der Waals surface area contributed by atoms with Gasteiger partial charge in [0.15, 0.2) is 5.76 Å². The van der Waals surface area contributed by atoms with Gasteiger partial charge in [-0.3, -0.25) is 14.9 Å². The molecule has 130 valence electrons. The van der Waals surface area contributed by atoms with Crippen LogP contribution in [0.3, 0.4) is 0 Å². The average molecular weight is 341 g/mol. The Hall–Kier alpha value is -2.67. The highest BCUT2D eigenvalue weighted by atomic mass is 16.6. The van der Waals surface area contributed by atoms with Crippen LogP contribution >= 0.6 is 0 Å². The van der Waals surface area contributed by atoms with Crippen LogP contribution in [0.1, 0.15) is 23.4 Å². The van der Waals surface area contributed by atoms with Gasteiger partial charge < -0.3 is 14.6 Å². The Bertz CT molecular complexity index is 808. The van der Waals surface area contributed by atoms with Gasteiger partial charge in [0.25, 0.3) is 11.6 Å². The monoisotopic (exact) mass is 341 g/mol. The third-order valence-electron chi connectivity index (χ3n) is 5.17. The predicted molar refractivity (Wildman–Crippen MR) is 91.2 cm³/mol. The van der Waals surface area contributed by atoms with Crippen molar-refractivity contribution in [2.24, 2.45) is 5.92 Å². The number of furan rings is 1. The molecule has 4 heterocycles. The van der Waals surface area contributed by atoms with Gasteiger partial charge in [0, 0.05) is 18.7 Å². The second kappa shape index (κ2) is 6.33. The molecule has 1 aromatic carbocycles. The van der Waals surface area contributed by atoms with E-state index in [1.54, 1.807) is 30.3 Å². The minimum absolute atomic E-state index is 0.0406. The summed E-state index contributed by atoms with van der Waals surface area (Å²) in [5, 5.41) is 14.2. The van der Waals surface area contributed by atoms with Gasteiger partial charge >= 0.3 is 0 Å². The minimum Gasteiger partial charge on any atom is -0.451 e. The quantitative estimate of drug-likeness (QED) is 0.682. The number of nitro benzene ring substituents is 1. The van der Waals surface area contributed by atoms with E-state index < -0.39 is 4.92 Å². The van der Waals surface area contributed by atoms with Crippen molar-refractivity contribution in [2.45, 2.75) is 18.9 Å². The van der Waals surface area contributed by atoms with Crippen LogP contribution in [0.25, 0.3) is 11.3 Å². The number of nitro groups is 1. The van der Waals surface area contributed by atoms with E-state index in [1.165, 1.54) is 6.07 Å². The number of hydrogen-bond acceptors (Lipinski definition) is 5. The van der Waals surface area contributed by atoms with Gasteiger partial charge in [-0.25, -0.2) is 0 Å². The molecule has 2 aromatic rings. The lowest BCUT2D eigenvalue weighted by molar-refractivity contribution is -0.384. The lowest BCUT2D eigenvalue weighted by Gasteiger charge is -2.44. The molecule has 0 radical (unpaired) electrons. The number of para-hydroxylation sites is 1. The fraction of sp³-hybridized carbons (Fsp3) is 0.389. The smallest absolute Gasteiger partial charge is 0.287 e. The third-order valence-corrected chi connectivity index (χ3v) is 5.17. The molecule has 5 rings (SSSR count). The molecule has 2 bridgehead atoms. The van der Waals surface area contributed by atoms with Gasteiger partial charge in [-0.15, -0.1) is 0 Å². The fourth-order valence-corrected chi connectivity index (χ4v) is 3.81. The Balaban J connectivity index is 1.51. The molecule has 0 spiro atoms. The maximum Gasteiger partial charge on any atom is 0.287 e. The van der Waals surface area contributed by atoms with E-state index in [4.69, 9.17) is 4.42 Å². The topological polar surface area (TPSA) is 88.6 Å². The summed E-state index contributed by atoms with van der Waals surface area (Å²) < 4.78 is 5.61. The van der Waals surface area contributed by atoms with Gasteiger partial charge in [0.2, 0.25) is 0 Å². The molecule has 1 atom stereocenters. The van der Waals surface area contributed by atoms with Crippen molar-refractivity contribution < 1.29 is 14.1 Å². The Morgan fingerprint density at radius 2 is 1.96 bits per heavy atom. The summed E-state index contributed by atoms with van der Waals surface area (Å²) in [5.74, 6) is 0.776. The summed E-state index contributed by atoms with van der Waals surface area (Å²) in [6.45, 7) is 3.10. The number of amides is 1. The number of fused-ring (bicyclic) bond motifs is 3. The van der Waals surface area contributed by atoms with Crippen LogP contribution < -0.4 is 5.32 Å². The van der Waals surface area contributed by atoms with E-state index >= 15 is 0 Å². The number of benzene rings is 1. The van der Waals surface area contributed by atoms with Gasteiger partial charge in [-0.2, -0.15) is 0 Å². The number of carbonyl (C=O) groups is 1. The van der Waals surface area contributed by atoms with Crippen molar-refractivity contribution in [1.82, 2.24) is 10.2 Å². The predicted octanol–water partition coefficient (Wildman–Crippen LogP) is 2.68. The van der Waals surface area contributed by atoms with Crippen LogP contribution in [0.5, 0.6) is 0 Å². The molecule has 1 aromatic heterocycles. The molecule has 1 N–H and O–H groups in total. The highest BCUT2D eigenvalue weighted by Crippen LogP contribution is 2.31. The molecule has 7 heteroatoms. The normalized spacial score (nSPS) is 24.9. The lowest BCUT2D eigenvalue weighted by atomic mass is 9.84. The molecule has 3 saturated heterocycles. The third kappa shape index (κ3) is 3.02. The number of hydrogen-bond donors (Lipinski definition) is 1. The molecular weight excluding hydrogens is 322 g/mol. The summed E-state index contributed by atoms with van der Waals surface area (Å²) in [4.78, 5) is 25.6. The first-order chi connectivity index (χ1) is 12.1. The van der Waals surface area contributed by atoms with Crippen molar-refractivity contribution in [3.05, 3.63) is 52.3 Å². The average Bonchev–Trinajstić information content (AvgIpc) is 3.13. The molecule has 0 saturated carbocycles. The van der Waals surface area contributed by atoms with E-state index in [0.717, 1.165) is 32.5 Å². The first kappa shape index (κ1) is 15.8. The molecule has 3 aliphatic heterocycles. The molecule has 3 aliphatic rings. The van der Waals surface area contributed by atoms with Crippen molar-refractivity contribution in [2.75, 3.05) is 19.6 Å². The second-order valence-electron chi connectivity index (χ2n) is 6.66. The maximum absolute atomic E-state index is 12.5. The van der Waals surface area contributed by atoms with Crippen molar-refractivity contribution in [3.63, 3.8) is 0 Å². The van der Waals surface area contributed by atoms with Crippen molar-refractivity contribution >= 4 is 11.6 Å². The molecule has 1 unspecified atom stereocenters. The first-order valence-corrected chi connectivity index (χ1v) is 8.48. The van der Waals surface area contributed by atoms with E-state index in [0.29, 0.717) is 17.2 Å². The Morgan fingerprint density at radius 1 is 1.20 bits per heavy atom. The molecule has 0 aliphatic carbocycles. The van der Waals surface area contributed by atoms with Crippen LogP contribution in [0, 0.1) is 16.0 Å². The van der Waals surface area contributed by atoms with E-state index in [2.05, 4.69) is 10.2 Å². The summed E-state index contributed by atoms with van der Waals surface area (Å²) in [7, 11) is 0. The van der Waals surface area contributed by atoms with E-state index in [1.807, 2.05) is 0 Å².